The van der Waals surface area contributed by atoms with Gasteiger partial charge in [0.2, 0.25) is 5.91 Å². The van der Waals surface area contributed by atoms with Crippen molar-refractivity contribution in [1.29, 1.82) is 0 Å². The van der Waals surface area contributed by atoms with Crippen molar-refractivity contribution < 1.29 is 14.3 Å². The summed E-state index contributed by atoms with van der Waals surface area (Å²) in [6.07, 6.45) is 3.90. The van der Waals surface area contributed by atoms with Gasteiger partial charge in [-0.05, 0) is 25.2 Å². The van der Waals surface area contributed by atoms with Crippen molar-refractivity contribution in [2.45, 2.75) is 38.6 Å². The molecule has 1 aliphatic rings. The van der Waals surface area contributed by atoms with Crippen LogP contribution in [0.4, 0.5) is 0 Å². The normalized spacial score (nSPS) is 27.2. The Kier molecular flexibility index (Phi) is 8.02. The quantitative estimate of drug-likeness (QED) is 0.644. The Hall–Kier alpha value is -0.650. The van der Waals surface area contributed by atoms with Crippen LogP contribution >= 0.6 is 0 Å². The number of hydrogen-bond acceptors (Lipinski definition) is 4. The third-order valence-electron chi connectivity index (χ3n) is 3.90. The maximum absolute atomic E-state index is 12.1. The summed E-state index contributed by atoms with van der Waals surface area (Å²) in [6.45, 7) is 4.64. The lowest BCUT2D eigenvalue weighted by Crippen LogP contribution is -2.44. The highest BCUT2D eigenvalue weighted by Crippen LogP contribution is 2.28. The zero-order valence-corrected chi connectivity index (χ0v) is 12.2. The smallest absolute Gasteiger partial charge is 0.223 e. The van der Waals surface area contributed by atoms with Gasteiger partial charge in [-0.3, -0.25) is 4.79 Å². The SMILES string of the molecule is COCCOCCCNC(=O)C1CCCC(N)C1C. The average molecular weight is 272 g/mol. The number of nitrogens with one attached hydrogen (secondary N) is 1. The van der Waals surface area contributed by atoms with Gasteiger partial charge in [0.15, 0.2) is 0 Å². The molecule has 1 fully saturated rings. The zero-order chi connectivity index (χ0) is 14.1. The van der Waals surface area contributed by atoms with E-state index in [1.807, 2.05) is 0 Å². The van der Waals surface area contributed by atoms with Crippen molar-refractivity contribution in [3.05, 3.63) is 0 Å². The molecule has 1 rings (SSSR count). The van der Waals surface area contributed by atoms with Gasteiger partial charge in [-0.25, -0.2) is 0 Å². The van der Waals surface area contributed by atoms with Gasteiger partial charge in [0, 0.05) is 32.2 Å². The third-order valence-corrected chi connectivity index (χ3v) is 3.90. The molecule has 0 aromatic rings. The summed E-state index contributed by atoms with van der Waals surface area (Å²) in [5.74, 6) is 0.518. The maximum atomic E-state index is 12.1. The van der Waals surface area contributed by atoms with Crippen LogP contribution in [0, 0.1) is 11.8 Å². The van der Waals surface area contributed by atoms with E-state index >= 15 is 0 Å². The molecule has 5 heteroatoms. The van der Waals surface area contributed by atoms with Crippen LogP contribution in [0.5, 0.6) is 0 Å². The molecule has 5 nitrogen and oxygen atoms in total. The summed E-state index contributed by atoms with van der Waals surface area (Å²) in [5.41, 5.74) is 6.02. The number of amides is 1. The Morgan fingerprint density at radius 2 is 2.11 bits per heavy atom. The van der Waals surface area contributed by atoms with Crippen LogP contribution in [-0.2, 0) is 14.3 Å². The Balaban J connectivity index is 2.10. The van der Waals surface area contributed by atoms with Crippen LogP contribution in [0.1, 0.15) is 32.6 Å². The van der Waals surface area contributed by atoms with Gasteiger partial charge < -0.3 is 20.5 Å². The number of carbonyl (C=O) groups is 1. The molecule has 0 bridgehead atoms. The van der Waals surface area contributed by atoms with E-state index in [1.54, 1.807) is 7.11 Å². The highest BCUT2D eigenvalue weighted by Gasteiger charge is 2.32. The van der Waals surface area contributed by atoms with E-state index in [1.165, 1.54) is 0 Å². The number of nitrogens with two attached hydrogens (primary N) is 1. The first-order valence-electron chi connectivity index (χ1n) is 7.26. The molecule has 0 aromatic carbocycles. The van der Waals surface area contributed by atoms with Gasteiger partial charge in [0.05, 0.1) is 13.2 Å². The summed E-state index contributed by atoms with van der Waals surface area (Å²) in [5, 5.41) is 2.99. The molecular formula is C14H28N2O3. The van der Waals surface area contributed by atoms with Crippen LogP contribution in [0.2, 0.25) is 0 Å². The van der Waals surface area contributed by atoms with Gasteiger partial charge in [0.1, 0.15) is 0 Å². The van der Waals surface area contributed by atoms with Crippen LogP contribution in [0.3, 0.4) is 0 Å². The van der Waals surface area contributed by atoms with Gasteiger partial charge in [-0.15, -0.1) is 0 Å². The van der Waals surface area contributed by atoms with E-state index in [0.29, 0.717) is 26.4 Å². The molecule has 1 aliphatic carbocycles. The monoisotopic (exact) mass is 272 g/mol. The summed E-state index contributed by atoms with van der Waals surface area (Å²) in [6, 6.07) is 0.168. The third kappa shape index (κ3) is 5.89. The molecule has 19 heavy (non-hydrogen) atoms. The van der Waals surface area contributed by atoms with Crippen molar-refractivity contribution in [3.8, 4) is 0 Å². The molecule has 0 aliphatic heterocycles. The first kappa shape index (κ1) is 16.4. The second-order valence-electron chi connectivity index (χ2n) is 5.31. The fourth-order valence-corrected chi connectivity index (χ4v) is 2.53. The summed E-state index contributed by atoms with van der Waals surface area (Å²) < 4.78 is 10.2. The lowest BCUT2D eigenvalue weighted by Gasteiger charge is -2.32. The van der Waals surface area contributed by atoms with E-state index < -0.39 is 0 Å². The molecule has 3 atom stereocenters. The van der Waals surface area contributed by atoms with Gasteiger partial charge in [-0.1, -0.05) is 13.3 Å². The molecule has 112 valence electrons. The Bertz CT molecular complexity index is 261. The van der Waals surface area contributed by atoms with E-state index in [0.717, 1.165) is 25.7 Å². The van der Waals surface area contributed by atoms with E-state index in [4.69, 9.17) is 15.2 Å². The maximum Gasteiger partial charge on any atom is 0.223 e. The Morgan fingerprint density at radius 3 is 2.84 bits per heavy atom. The highest BCUT2D eigenvalue weighted by atomic mass is 16.5. The van der Waals surface area contributed by atoms with E-state index in [9.17, 15) is 4.79 Å². The molecule has 0 heterocycles. The summed E-state index contributed by atoms with van der Waals surface area (Å²) >= 11 is 0. The molecule has 0 radical (unpaired) electrons. The number of ether oxygens (including phenoxy) is 2. The molecule has 0 aromatic heterocycles. The summed E-state index contributed by atoms with van der Waals surface area (Å²) in [7, 11) is 1.65. The molecule has 3 N–H and O–H groups in total. The lowest BCUT2D eigenvalue weighted by molar-refractivity contribution is -0.127. The Morgan fingerprint density at radius 1 is 1.32 bits per heavy atom. The van der Waals surface area contributed by atoms with Crippen molar-refractivity contribution >= 4 is 5.91 Å². The molecule has 3 unspecified atom stereocenters. The molecule has 1 amide bonds. The first-order valence-corrected chi connectivity index (χ1v) is 7.26. The lowest BCUT2D eigenvalue weighted by atomic mass is 9.77. The molecule has 0 spiro atoms. The minimum atomic E-state index is 0.0816. The second kappa shape index (κ2) is 9.28. The number of carbonyl (C=O) groups excluding carboxylic acids is 1. The van der Waals surface area contributed by atoms with E-state index in [2.05, 4.69) is 12.2 Å². The minimum Gasteiger partial charge on any atom is -0.382 e. The van der Waals surface area contributed by atoms with Crippen LogP contribution in [-0.4, -0.2) is 45.4 Å². The molecular weight excluding hydrogens is 244 g/mol. The van der Waals surface area contributed by atoms with Crippen molar-refractivity contribution in [3.63, 3.8) is 0 Å². The second-order valence-corrected chi connectivity index (χ2v) is 5.31. The van der Waals surface area contributed by atoms with Crippen molar-refractivity contribution in [1.82, 2.24) is 5.32 Å². The van der Waals surface area contributed by atoms with Gasteiger partial charge >= 0.3 is 0 Å². The van der Waals surface area contributed by atoms with Gasteiger partial charge in [0.25, 0.3) is 0 Å². The van der Waals surface area contributed by atoms with Gasteiger partial charge in [-0.2, -0.15) is 0 Å². The predicted octanol–water partition coefficient (Wildman–Crippen LogP) is 0.919. The Labute approximate surface area is 116 Å². The van der Waals surface area contributed by atoms with Crippen LogP contribution < -0.4 is 11.1 Å². The fourth-order valence-electron chi connectivity index (χ4n) is 2.53. The number of methoxy groups -OCH3 is 1. The predicted molar refractivity (Wildman–Crippen MR) is 74.8 cm³/mol. The zero-order valence-electron chi connectivity index (χ0n) is 12.2. The largest absolute Gasteiger partial charge is 0.382 e. The number of rotatable bonds is 8. The fraction of sp³-hybridized carbons (Fsp3) is 0.929. The van der Waals surface area contributed by atoms with Crippen molar-refractivity contribution in [2.24, 2.45) is 17.6 Å². The number of hydrogen-bond donors (Lipinski definition) is 2. The molecule has 1 saturated carbocycles. The topological polar surface area (TPSA) is 73.6 Å². The van der Waals surface area contributed by atoms with Crippen LogP contribution in [0.15, 0.2) is 0 Å². The first-order chi connectivity index (χ1) is 9.16. The average Bonchev–Trinajstić information content (AvgIpc) is 2.40. The van der Waals surface area contributed by atoms with Crippen molar-refractivity contribution in [2.75, 3.05) is 33.5 Å². The summed E-state index contributed by atoms with van der Waals surface area (Å²) in [4.78, 5) is 12.1. The minimum absolute atomic E-state index is 0.0816. The molecule has 0 saturated heterocycles. The van der Waals surface area contributed by atoms with Crippen LogP contribution in [0.25, 0.3) is 0 Å². The standard InChI is InChI=1S/C14H28N2O3/c1-11-12(5-3-6-13(11)15)14(17)16-7-4-8-19-10-9-18-2/h11-13H,3-10,15H2,1-2H3,(H,16,17). The van der Waals surface area contributed by atoms with E-state index in [-0.39, 0.29) is 23.8 Å². The highest BCUT2D eigenvalue weighted by molar-refractivity contribution is 5.79.